The van der Waals surface area contributed by atoms with Gasteiger partial charge < -0.3 is 4.42 Å². The molecule has 148 valence electrons. The topological polar surface area (TPSA) is 60.2 Å². The number of carbonyl (C=O) groups is 2. The lowest BCUT2D eigenvalue weighted by molar-refractivity contribution is 0.0990. The van der Waals surface area contributed by atoms with E-state index < -0.39 is 0 Å². The van der Waals surface area contributed by atoms with Crippen molar-refractivity contribution in [1.29, 1.82) is 0 Å². The molecule has 0 aliphatic heterocycles. The Bertz CT molecular complexity index is 1490. The van der Waals surface area contributed by atoms with Crippen molar-refractivity contribution in [2.75, 3.05) is 0 Å². The van der Waals surface area contributed by atoms with E-state index in [1.54, 1.807) is 12.1 Å². The van der Waals surface area contributed by atoms with Gasteiger partial charge in [0, 0.05) is 33.2 Å². The molecule has 0 spiro atoms. The number of hydrogen-bond acceptors (Lipinski definition) is 5. The summed E-state index contributed by atoms with van der Waals surface area (Å²) in [4.78, 5) is 32.0. The molecule has 1 aliphatic rings. The first kappa shape index (κ1) is 18.2. The highest BCUT2D eigenvalue weighted by molar-refractivity contribution is 7.21. The molecule has 3 aromatic carbocycles. The molecule has 0 atom stereocenters. The Morgan fingerprint density at radius 3 is 2.13 bits per heavy atom. The first-order chi connectivity index (χ1) is 15.1. The van der Waals surface area contributed by atoms with Crippen LogP contribution in [0.3, 0.4) is 0 Å². The smallest absolute Gasteiger partial charge is 0.221 e. The Kier molecular flexibility index (Phi) is 3.96. The Balaban J connectivity index is 1.38. The molecule has 31 heavy (non-hydrogen) atoms. The average Bonchev–Trinajstić information content (AvgIpc) is 3.40. The second-order valence-corrected chi connectivity index (χ2v) is 8.77. The van der Waals surface area contributed by atoms with E-state index in [1.165, 1.54) is 17.4 Å². The monoisotopic (exact) mass is 441 g/mol. The fourth-order valence-electron chi connectivity index (χ4n) is 3.83. The molecule has 6 rings (SSSR count). The number of benzene rings is 3. The quantitative estimate of drug-likeness (QED) is 0.222. The number of Topliss-reactive ketones (excluding diaryl/α,β-unsaturated/α-hetero) is 2. The Hall–Kier alpha value is -3.54. The summed E-state index contributed by atoms with van der Waals surface area (Å²) in [6, 6.07) is 20.7. The molecule has 0 N–H and O–H groups in total. The lowest BCUT2D eigenvalue weighted by Gasteiger charge is -2.00. The standard InChI is InChI=1S/C25H12ClNO3S/c26-16-7-5-13(6-8-16)21-12-20-25(31-21)27-22(30-20)11-19-23(28)17-9-14-3-1-2-4-15(14)10-18(17)24(19)29/h1-12H. The van der Waals surface area contributed by atoms with E-state index in [2.05, 4.69) is 4.98 Å². The molecule has 2 heterocycles. The third-order valence-corrected chi connectivity index (χ3v) is 6.68. The molecule has 0 saturated carbocycles. The fraction of sp³-hybridized carbons (Fsp3) is 0. The minimum absolute atomic E-state index is 0.0807. The van der Waals surface area contributed by atoms with Crippen molar-refractivity contribution in [3.63, 3.8) is 0 Å². The number of ketones is 2. The maximum atomic E-state index is 12.9. The summed E-state index contributed by atoms with van der Waals surface area (Å²) in [5, 5.41) is 2.53. The van der Waals surface area contributed by atoms with E-state index in [-0.39, 0.29) is 23.0 Å². The maximum absolute atomic E-state index is 12.9. The number of hydrogen-bond donors (Lipinski definition) is 0. The Morgan fingerprint density at radius 1 is 0.871 bits per heavy atom. The van der Waals surface area contributed by atoms with Gasteiger partial charge in [-0.2, -0.15) is 4.98 Å². The van der Waals surface area contributed by atoms with Gasteiger partial charge in [0.15, 0.2) is 22.0 Å². The number of fused-ring (bicyclic) bond motifs is 3. The van der Waals surface area contributed by atoms with Crippen LogP contribution < -0.4 is 0 Å². The van der Waals surface area contributed by atoms with Gasteiger partial charge in [0.1, 0.15) is 0 Å². The first-order valence-corrected chi connectivity index (χ1v) is 10.8. The highest BCUT2D eigenvalue weighted by Gasteiger charge is 2.34. The summed E-state index contributed by atoms with van der Waals surface area (Å²) < 4.78 is 5.82. The highest BCUT2D eigenvalue weighted by atomic mass is 35.5. The molecule has 0 radical (unpaired) electrons. The maximum Gasteiger partial charge on any atom is 0.221 e. The highest BCUT2D eigenvalue weighted by Crippen LogP contribution is 2.36. The summed E-state index contributed by atoms with van der Waals surface area (Å²) in [6.45, 7) is 0. The average molecular weight is 442 g/mol. The van der Waals surface area contributed by atoms with E-state index in [4.69, 9.17) is 16.0 Å². The third-order valence-electron chi connectivity index (χ3n) is 5.37. The van der Waals surface area contributed by atoms with Gasteiger partial charge >= 0.3 is 0 Å². The fourth-order valence-corrected chi connectivity index (χ4v) is 4.92. The first-order valence-electron chi connectivity index (χ1n) is 9.57. The number of aromatic nitrogens is 1. The van der Waals surface area contributed by atoms with Crippen LogP contribution in [0.15, 0.2) is 76.7 Å². The van der Waals surface area contributed by atoms with Crippen molar-refractivity contribution in [3.8, 4) is 10.4 Å². The Labute approximate surface area is 185 Å². The van der Waals surface area contributed by atoms with Crippen molar-refractivity contribution >= 4 is 61.8 Å². The molecule has 5 aromatic rings. The van der Waals surface area contributed by atoms with Gasteiger partial charge in [-0.25, -0.2) is 0 Å². The molecule has 0 bridgehead atoms. The zero-order valence-corrected chi connectivity index (χ0v) is 17.5. The van der Waals surface area contributed by atoms with Gasteiger partial charge in [0.25, 0.3) is 0 Å². The second kappa shape index (κ2) is 6.74. The summed E-state index contributed by atoms with van der Waals surface area (Å²) in [5.74, 6) is -0.346. The number of halogens is 1. The van der Waals surface area contributed by atoms with E-state index in [0.29, 0.717) is 26.6 Å². The summed E-state index contributed by atoms with van der Waals surface area (Å²) in [5.41, 5.74) is 2.56. The normalized spacial score (nSPS) is 13.4. The predicted molar refractivity (Wildman–Crippen MR) is 123 cm³/mol. The third kappa shape index (κ3) is 2.93. The van der Waals surface area contributed by atoms with E-state index in [1.807, 2.05) is 54.6 Å². The molecule has 1 aliphatic carbocycles. The molecular formula is C25H12ClNO3S. The van der Waals surface area contributed by atoms with Crippen LogP contribution in [0.25, 0.3) is 37.7 Å². The molecule has 0 saturated heterocycles. The van der Waals surface area contributed by atoms with Crippen LogP contribution in [0.4, 0.5) is 0 Å². The molecule has 0 unspecified atom stereocenters. The van der Waals surface area contributed by atoms with E-state index in [0.717, 1.165) is 21.2 Å². The summed E-state index contributed by atoms with van der Waals surface area (Å²) in [6.07, 6.45) is 1.45. The van der Waals surface area contributed by atoms with Gasteiger partial charge in [0.2, 0.25) is 5.89 Å². The van der Waals surface area contributed by atoms with Crippen LogP contribution in [-0.4, -0.2) is 16.6 Å². The molecular weight excluding hydrogens is 430 g/mol. The molecule has 0 amide bonds. The molecule has 4 nitrogen and oxygen atoms in total. The van der Waals surface area contributed by atoms with Crippen molar-refractivity contribution in [2.24, 2.45) is 0 Å². The van der Waals surface area contributed by atoms with Crippen LogP contribution >= 0.6 is 22.9 Å². The minimum Gasteiger partial charge on any atom is -0.436 e. The largest absolute Gasteiger partial charge is 0.436 e. The van der Waals surface area contributed by atoms with Crippen molar-refractivity contribution in [3.05, 3.63) is 94.3 Å². The molecule has 2 aromatic heterocycles. The molecule has 0 fully saturated rings. The SMILES string of the molecule is O=C1C(=Cc2nc3sc(-c4ccc(Cl)cc4)cc3o2)C(=O)c2cc3ccccc3cc21. The van der Waals surface area contributed by atoms with E-state index >= 15 is 0 Å². The number of thiophene rings is 1. The van der Waals surface area contributed by atoms with Gasteiger partial charge in [-0.1, -0.05) is 48.0 Å². The number of nitrogens with zero attached hydrogens (tertiary/aromatic N) is 1. The van der Waals surface area contributed by atoms with Crippen molar-refractivity contribution in [2.45, 2.75) is 0 Å². The van der Waals surface area contributed by atoms with Crippen molar-refractivity contribution < 1.29 is 14.0 Å². The van der Waals surface area contributed by atoms with E-state index in [9.17, 15) is 9.59 Å². The van der Waals surface area contributed by atoms with Crippen LogP contribution in [0.2, 0.25) is 5.02 Å². The number of rotatable bonds is 2. The number of oxazole rings is 1. The van der Waals surface area contributed by atoms with Gasteiger partial charge in [-0.3, -0.25) is 9.59 Å². The summed E-state index contributed by atoms with van der Waals surface area (Å²) in [7, 11) is 0. The Morgan fingerprint density at radius 2 is 1.52 bits per heavy atom. The lowest BCUT2D eigenvalue weighted by Crippen LogP contribution is -2.00. The summed E-state index contributed by atoms with van der Waals surface area (Å²) >= 11 is 7.44. The van der Waals surface area contributed by atoms with Gasteiger partial charge in [-0.15, -0.1) is 11.3 Å². The van der Waals surface area contributed by atoms with Crippen LogP contribution in [-0.2, 0) is 0 Å². The van der Waals surface area contributed by atoms with Gasteiger partial charge in [0.05, 0.1) is 5.57 Å². The number of allylic oxidation sites excluding steroid dienone is 1. The zero-order valence-electron chi connectivity index (χ0n) is 15.9. The van der Waals surface area contributed by atoms with Crippen molar-refractivity contribution in [1.82, 2.24) is 4.98 Å². The zero-order chi connectivity index (χ0) is 21.1. The van der Waals surface area contributed by atoms with Crippen LogP contribution in [0.1, 0.15) is 26.6 Å². The van der Waals surface area contributed by atoms with Gasteiger partial charge in [-0.05, 0) is 40.6 Å². The predicted octanol–water partition coefficient (Wildman–Crippen LogP) is 6.83. The lowest BCUT2D eigenvalue weighted by atomic mass is 10.0. The minimum atomic E-state index is -0.297. The number of carbonyl (C=O) groups excluding carboxylic acids is 2. The second-order valence-electron chi connectivity index (χ2n) is 7.30. The van der Waals surface area contributed by atoms with Crippen LogP contribution in [0, 0.1) is 0 Å². The molecule has 6 heteroatoms. The van der Waals surface area contributed by atoms with Crippen LogP contribution in [0.5, 0.6) is 0 Å².